The van der Waals surface area contributed by atoms with E-state index in [4.69, 9.17) is 9.47 Å². The number of aliphatic hydroxyl groups excluding tert-OH is 1. The summed E-state index contributed by atoms with van der Waals surface area (Å²) in [5.41, 5.74) is 0.815. The average Bonchev–Trinajstić information content (AvgIpc) is 2.24. The summed E-state index contributed by atoms with van der Waals surface area (Å²) in [5.74, 6) is 1.43. The van der Waals surface area contributed by atoms with Gasteiger partial charge < -0.3 is 14.6 Å². The third-order valence-electron chi connectivity index (χ3n) is 2.85. The lowest BCUT2D eigenvalue weighted by Gasteiger charge is -2.27. The monoisotopic (exact) mass is 286 g/mol. The molecule has 1 aromatic rings. The van der Waals surface area contributed by atoms with Gasteiger partial charge in [0.15, 0.2) is 11.5 Å². The summed E-state index contributed by atoms with van der Waals surface area (Å²) in [4.78, 5) is 0. The Morgan fingerprint density at radius 1 is 1.38 bits per heavy atom. The first-order valence-electron chi connectivity index (χ1n) is 5.38. The second-order valence-corrected chi connectivity index (χ2v) is 4.78. The van der Waals surface area contributed by atoms with Gasteiger partial charge in [0.05, 0.1) is 19.8 Å². The molecule has 0 saturated heterocycles. The van der Waals surface area contributed by atoms with Crippen LogP contribution in [0.25, 0.3) is 0 Å². The van der Waals surface area contributed by atoms with Gasteiger partial charge in [-0.1, -0.05) is 15.9 Å². The van der Waals surface area contributed by atoms with Crippen molar-refractivity contribution in [2.75, 3.05) is 7.11 Å². The van der Waals surface area contributed by atoms with Gasteiger partial charge in [-0.3, -0.25) is 0 Å². The summed E-state index contributed by atoms with van der Waals surface area (Å²) >= 11 is 3.38. The van der Waals surface area contributed by atoms with E-state index in [0.29, 0.717) is 11.9 Å². The molecule has 0 aromatic heterocycles. The van der Waals surface area contributed by atoms with Crippen molar-refractivity contribution in [3.05, 3.63) is 22.2 Å². The van der Waals surface area contributed by atoms with Gasteiger partial charge in [-0.05, 0) is 37.0 Å². The summed E-state index contributed by atoms with van der Waals surface area (Å²) in [7, 11) is 1.62. The molecule has 2 rings (SSSR count). The fraction of sp³-hybridized carbons (Fsp3) is 0.500. The Bertz CT molecular complexity index is 375. The number of hydrogen-bond donors (Lipinski definition) is 1. The summed E-state index contributed by atoms with van der Waals surface area (Å²) in [6, 6.07) is 3.67. The van der Waals surface area contributed by atoms with Crippen molar-refractivity contribution in [1.29, 1.82) is 0 Å². The maximum atomic E-state index is 9.19. The minimum Gasteiger partial charge on any atom is -0.493 e. The van der Waals surface area contributed by atoms with Gasteiger partial charge in [0.25, 0.3) is 0 Å². The molecular formula is C12H15BrO3. The predicted molar refractivity (Wildman–Crippen MR) is 64.9 cm³/mol. The molecule has 1 aliphatic rings. The van der Waals surface area contributed by atoms with Crippen LogP contribution in [0.4, 0.5) is 0 Å². The average molecular weight is 287 g/mol. The number of rotatable bonds is 4. The Labute approximate surface area is 104 Å². The van der Waals surface area contributed by atoms with E-state index in [-0.39, 0.29) is 6.61 Å². The Hall–Kier alpha value is -0.740. The van der Waals surface area contributed by atoms with Crippen molar-refractivity contribution in [3.63, 3.8) is 0 Å². The Morgan fingerprint density at radius 2 is 2.12 bits per heavy atom. The minimum absolute atomic E-state index is 0.00833. The lowest BCUT2D eigenvalue weighted by Crippen LogP contribution is -2.24. The third-order valence-corrected chi connectivity index (χ3v) is 3.59. The molecular weight excluding hydrogens is 272 g/mol. The lowest BCUT2D eigenvalue weighted by molar-refractivity contribution is 0.115. The SMILES string of the molecule is COc1cc(Br)c(CO)cc1OC1CCC1. The Kier molecular flexibility index (Phi) is 3.71. The Morgan fingerprint density at radius 3 is 2.62 bits per heavy atom. The van der Waals surface area contributed by atoms with Crippen molar-refractivity contribution in [2.24, 2.45) is 0 Å². The molecule has 16 heavy (non-hydrogen) atoms. The molecule has 0 amide bonds. The molecule has 1 N–H and O–H groups in total. The second kappa shape index (κ2) is 5.06. The topological polar surface area (TPSA) is 38.7 Å². The first-order valence-corrected chi connectivity index (χ1v) is 6.18. The van der Waals surface area contributed by atoms with Gasteiger partial charge in [-0.2, -0.15) is 0 Å². The zero-order chi connectivity index (χ0) is 11.5. The van der Waals surface area contributed by atoms with E-state index in [1.807, 2.05) is 12.1 Å². The van der Waals surface area contributed by atoms with E-state index < -0.39 is 0 Å². The fourth-order valence-corrected chi connectivity index (χ4v) is 2.07. The molecule has 0 heterocycles. The molecule has 4 heteroatoms. The summed E-state index contributed by atoms with van der Waals surface area (Å²) in [6.45, 7) is -0.00833. The predicted octanol–water partition coefficient (Wildman–Crippen LogP) is 2.88. The number of aliphatic hydroxyl groups is 1. The highest BCUT2D eigenvalue weighted by Crippen LogP contribution is 2.36. The van der Waals surface area contributed by atoms with Crippen LogP contribution in [-0.2, 0) is 6.61 Å². The number of ether oxygens (including phenoxy) is 2. The minimum atomic E-state index is -0.00833. The van der Waals surface area contributed by atoms with Gasteiger partial charge >= 0.3 is 0 Å². The van der Waals surface area contributed by atoms with Crippen molar-refractivity contribution >= 4 is 15.9 Å². The van der Waals surface area contributed by atoms with Crippen LogP contribution in [0.5, 0.6) is 11.5 Å². The number of halogens is 1. The summed E-state index contributed by atoms with van der Waals surface area (Å²) in [5, 5.41) is 9.19. The van der Waals surface area contributed by atoms with Crippen LogP contribution < -0.4 is 9.47 Å². The molecule has 1 fully saturated rings. The molecule has 0 bridgehead atoms. The van der Waals surface area contributed by atoms with Crippen LogP contribution >= 0.6 is 15.9 Å². The van der Waals surface area contributed by atoms with Crippen LogP contribution in [0.1, 0.15) is 24.8 Å². The van der Waals surface area contributed by atoms with E-state index in [9.17, 15) is 5.11 Å². The maximum Gasteiger partial charge on any atom is 0.162 e. The van der Waals surface area contributed by atoms with Crippen LogP contribution in [0, 0.1) is 0 Å². The van der Waals surface area contributed by atoms with Crippen molar-refractivity contribution in [1.82, 2.24) is 0 Å². The Balaban J connectivity index is 2.25. The van der Waals surface area contributed by atoms with E-state index in [0.717, 1.165) is 28.6 Å². The van der Waals surface area contributed by atoms with Crippen molar-refractivity contribution < 1.29 is 14.6 Å². The smallest absolute Gasteiger partial charge is 0.162 e. The van der Waals surface area contributed by atoms with Crippen molar-refractivity contribution in [3.8, 4) is 11.5 Å². The molecule has 0 spiro atoms. The molecule has 0 unspecified atom stereocenters. The quantitative estimate of drug-likeness (QED) is 0.925. The second-order valence-electron chi connectivity index (χ2n) is 3.92. The number of benzene rings is 1. The van der Waals surface area contributed by atoms with Crippen LogP contribution in [-0.4, -0.2) is 18.3 Å². The lowest BCUT2D eigenvalue weighted by atomic mass is 9.96. The van der Waals surface area contributed by atoms with Gasteiger partial charge in [0.1, 0.15) is 0 Å². The molecule has 0 radical (unpaired) electrons. The highest BCUT2D eigenvalue weighted by atomic mass is 79.9. The number of hydrogen-bond acceptors (Lipinski definition) is 3. The standard InChI is InChI=1S/C12H15BrO3/c1-15-11-6-10(13)8(7-14)5-12(11)16-9-3-2-4-9/h5-6,9,14H,2-4,7H2,1H3. The molecule has 88 valence electrons. The highest BCUT2D eigenvalue weighted by molar-refractivity contribution is 9.10. The summed E-state index contributed by atoms with van der Waals surface area (Å²) in [6.07, 6.45) is 3.75. The third kappa shape index (κ3) is 2.33. The zero-order valence-electron chi connectivity index (χ0n) is 9.20. The maximum absolute atomic E-state index is 9.19. The first-order chi connectivity index (χ1) is 7.74. The van der Waals surface area contributed by atoms with Gasteiger partial charge in [0, 0.05) is 4.47 Å². The fourth-order valence-electron chi connectivity index (χ4n) is 1.62. The van der Waals surface area contributed by atoms with E-state index in [1.54, 1.807) is 7.11 Å². The van der Waals surface area contributed by atoms with E-state index >= 15 is 0 Å². The molecule has 3 nitrogen and oxygen atoms in total. The van der Waals surface area contributed by atoms with Crippen molar-refractivity contribution in [2.45, 2.75) is 32.0 Å². The van der Waals surface area contributed by atoms with Crippen LogP contribution in [0.2, 0.25) is 0 Å². The van der Waals surface area contributed by atoms with E-state index in [2.05, 4.69) is 15.9 Å². The highest BCUT2D eigenvalue weighted by Gasteiger charge is 2.21. The van der Waals surface area contributed by atoms with Gasteiger partial charge in [0.2, 0.25) is 0 Å². The normalized spacial score (nSPS) is 15.7. The van der Waals surface area contributed by atoms with E-state index in [1.165, 1.54) is 6.42 Å². The zero-order valence-corrected chi connectivity index (χ0v) is 10.8. The van der Waals surface area contributed by atoms with Gasteiger partial charge in [-0.15, -0.1) is 0 Å². The molecule has 1 aliphatic carbocycles. The summed E-state index contributed by atoms with van der Waals surface area (Å²) < 4.78 is 11.9. The van der Waals surface area contributed by atoms with Crippen LogP contribution in [0.3, 0.4) is 0 Å². The first kappa shape index (κ1) is 11.7. The molecule has 0 aliphatic heterocycles. The molecule has 1 aromatic carbocycles. The largest absolute Gasteiger partial charge is 0.493 e. The number of methoxy groups -OCH3 is 1. The van der Waals surface area contributed by atoms with Gasteiger partial charge in [-0.25, -0.2) is 0 Å². The molecule has 0 atom stereocenters. The molecule has 1 saturated carbocycles. The van der Waals surface area contributed by atoms with Crippen LogP contribution in [0.15, 0.2) is 16.6 Å².